The van der Waals surface area contributed by atoms with E-state index >= 15 is 0 Å². The largest absolute Gasteiger partial charge is 0.481 e. The molecule has 1 aromatic carbocycles. The summed E-state index contributed by atoms with van der Waals surface area (Å²) in [6, 6.07) is 4.90. The molecule has 1 aliphatic heterocycles. The number of aryl methyl sites for hydroxylation is 1. The monoisotopic (exact) mass is 219 g/mol. The van der Waals surface area contributed by atoms with Gasteiger partial charge in [0.1, 0.15) is 0 Å². The van der Waals surface area contributed by atoms with Crippen LogP contribution in [0.15, 0.2) is 18.2 Å². The van der Waals surface area contributed by atoms with Gasteiger partial charge in [-0.3, -0.25) is 14.4 Å². The molecule has 1 heterocycles. The van der Waals surface area contributed by atoms with E-state index in [0.717, 1.165) is 5.56 Å². The number of aliphatic carboxylic acids is 1. The van der Waals surface area contributed by atoms with Crippen molar-refractivity contribution in [2.24, 2.45) is 0 Å². The number of rotatable bonds is 3. The van der Waals surface area contributed by atoms with E-state index in [9.17, 15) is 14.4 Å². The molecule has 0 radical (unpaired) electrons. The van der Waals surface area contributed by atoms with Gasteiger partial charge in [-0.05, 0) is 24.1 Å². The number of hydrogen-bond acceptors (Lipinski definition) is 3. The number of carboxylic acid groups (broad SMARTS) is 1. The number of benzene rings is 1. The Balaban J connectivity index is 2.24. The molecule has 0 fully saturated rings. The molecule has 0 aliphatic carbocycles. The van der Waals surface area contributed by atoms with Crippen molar-refractivity contribution in [3.05, 3.63) is 29.3 Å². The summed E-state index contributed by atoms with van der Waals surface area (Å²) in [6.07, 6.45) is 0.360. The molecular formula is C11H9NO4. The van der Waals surface area contributed by atoms with Gasteiger partial charge in [-0.25, -0.2) is 0 Å². The van der Waals surface area contributed by atoms with E-state index in [2.05, 4.69) is 5.32 Å². The zero-order valence-electron chi connectivity index (χ0n) is 8.32. The van der Waals surface area contributed by atoms with Crippen LogP contribution in [0.5, 0.6) is 0 Å². The summed E-state index contributed by atoms with van der Waals surface area (Å²) in [5.74, 6) is -2.08. The molecule has 2 rings (SSSR count). The van der Waals surface area contributed by atoms with Gasteiger partial charge in [0.05, 0.1) is 11.3 Å². The quantitative estimate of drug-likeness (QED) is 0.738. The van der Waals surface area contributed by atoms with E-state index in [4.69, 9.17) is 5.11 Å². The van der Waals surface area contributed by atoms with Crippen molar-refractivity contribution in [1.29, 1.82) is 0 Å². The zero-order chi connectivity index (χ0) is 11.7. The zero-order valence-corrected chi connectivity index (χ0v) is 8.32. The Morgan fingerprint density at radius 2 is 2.06 bits per heavy atom. The maximum Gasteiger partial charge on any atom is 0.303 e. The maximum absolute atomic E-state index is 11.4. The molecule has 0 atom stereocenters. The highest BCUT2D eigenvalue weighted by Crippen LogP contribution is 2.24. The van der Waals surface area contributed by atoms with Crippen LogP contribution in [0.3, 0.4) is 0 Å². The predicted molar refractivity (Wildman–Crippen MR) is 55.4 cm³/mol. The third-order valence-corrected chi connectivity index (χ3v) is 2.41. The van der Waals surface area contributed by atoms with Gasteiger partial charge in [0, 0.05) is 6.42 Å². The Hall–Kier alpha value is -2.17. The van der Waals surface area contributed by atoms with Crippen LogP contribution in [0.1, 0.15) is 22.3 Å². The minimum Gasteiger partial charge on any atom is -0.481 e. The van der Waals surface area contributed by atoms with Crippen LogP contribution in [0.25, 0.3) is 0 Å². The Bertz CT molecular complexity index is 493. The normalized spacial score (nSPS) is 13.5. The number of carbonyl (C=O) groups excluding carboxylic acids is 2. The highest BCUT2D eigenvalue weighted by atomic mass is 16.4. The highest BCUT2D eigenvalue weighted by molar-refractivity contribution is 6.51. The summed E-state index contributed by atoms with van der Waals surface area (Å²) in [5, 5.41) is 11.0. The van der Waals surface area contributed by atoms with Crippen molar-refractivity contribution in [3.8, 4) is 0 Å². The van der Waals surface area contributed by atoms with Gasteiger partial charge in [0.25, 0.3) is 11.7 Å². The SMILES string of the molecule is O=C(O)CCc1ccc2c(c1)C(=O)C(=O)N2. The van der Waals surface area contributed by atoms with Crippen molar-refractivity contribution in [2.45, 2.75) is 12.8 Å². The summed E-state index contributed by atoms with van der Waals surface area (Å²) >= 11 is 0. The summed E-state index contributed by atoms with van der Waals surface area (Å²) in [4.78, 5) is 32.8. The molecular weight excluding hydrogens is 210 g/mol. The average Bonchev–Trinajstić information content (AvgIpc) is 2.52. The Labute approximate surface area is 91.1 Å². The van der Waals surface area contributed by atoms with Crippen LogP contribution in [0.2, 0.25) is 0 Å². The molecule has 0 spiro atoms. The molecule has 0 saturated heterocycles. The topological polar surface area (TPSA) is 83.5 Å². The van der Waals surface area contributed by atoms with Gasteiger partial charge in [-0.1, -0.05) is 6.07 Å². The van der Waals surface area contributed by atoms with Crippen molar-refractivity contribution in [1.82, 2.24) is 0 Å². The van der Waals surface area contributed by atoms with Gasteiger partial charge in [-0.15, -0.1) is 0 Å². The number of Topliss-reactive ketones (excluding diaryl/α,β-unsaturated/α-hetero) is 1. The van der Waals surface area contributed by atoms with Crippen LogP contribution in [0.4, 0.5) is 5.69 Å². The molecule has 0 bridgehead atoms. The number of nitrogens with one attached hydrogen (secondary N) is 1. The first-order valence-corrected chi connectivity index (χ1v) is 4.78. The molecule has 5 nitrogen and oxygen atoms in total. The molecule has 5 heteroatoms. The molecule has 16 heavy (non-hydrogen) atoms. The van der Waals surface area contributed by atoms with Crippen LogP contribution in [0, 0.1) is 0 Å². The first kappa shape index (κ1) is 10.4. The van der Waals surface area contributed by atoms with Crippen molar-refractivity contribution < 1.29 is 19.5 Å². The minimum atomic E-state index is -0.888. The maximum atomic E-state index is 11.4. The molecule has 0 saturated carbocycles. The van der Waals surface area contributed by atoms with Crippen LogP contribution in [-0.2, 0) is 16.0 Å². The number of carbonyl (C=O) groups is 3. The second-order valence-corrected chi connectivity index (χ2v) is 3.56. The van der Waals surface area contributed by atoms with E-state index in [1.807, 2.05) is 0 Å². The highest BCUT2D eigenvalue weighted by Gasteiger charge is 2.27. The van der Waals surface area contributed by atoms with Crippen molar-refractivity contribution >= 4 is 23.3 Å². The summed E-state index contributed by atoms with van der Waals surface area (Å²) in [5.41, 5.74) is 1.56. The van der Waals surface area contributed by atoms with Crippen molar-refractivity contribution in [3.63, 3.8) is 0 Å². The van der Waals surface area contributed by atoms with Crippen molar-refractivity contribution in [2.75, 3.05) is 5.32 Å². The number of anilines is 1. The van der Waals surface area contributed by atoms with E-state index in [-0.39, 0.29) is 6.42 Å². The van der Waals surface area contributed by atoms with Gasteiger partial charge in [-0.2, -0.15) is 0 Å². The first-order valence-electron chi connectivity index (χ1n) is 4.78. The second-order valence-electron chi connectivity index (χ2n) is 3.56. The lowest BCUT2D eigenvalue weighted by Crippen LogP contribution is -2.12. The van der Waals surface area contributed by atoms with E-state index in [0.29, 0.717) is 17.7 Å². The van der Waals surface area contributed by atoms with Gasteiger partial charge in [0.15, 0.2) is 0 Å². The third kappa shape index (κ3) is 1.79. The fourth-order valence-corrected chi connectivity index (χ4v) is 1.60. The summed E-state index contributed by atoms with van der Waals surface area (Å²) in [7, 11) is 0. The van der Waals surface area contributed by atoms with E-state index < -0.39 is 17.7 Å². The summed E-state index contributed by atoms with van der Waals surface area (Å²) in [6.45, 7) is 0. The van der Waals surface area contributed by atoms with Gasteiger partial charge >= 0.3 is 5.97 Å². The fraction of sp³-hybridized carbons (Fsp3) is 0.182. The third-order valence-electron chi connectivity index (χ3n) is 2.41. The lowest BCUT2D eigenvalue weighted by molar-refractivity contribution is -0.137. The lowest BCUT2D eigenvalue weighted by atomic mass is 10.0. The Morgan fingerprint density at radius 3 is 2.75 bits per heavy atom. The summed E-state index contributed by atoms with van der Waals surface area (Å²) < 4.78 is 0. The first-order chi connectivity index (χ1) is 7.58. The minimum absolute atomic E-state index is 0.00829. The Morgan fingerprint density at radius 1 is 1.31 bits per heavy atom. The number of fused-ring (bicyclic) bond motifs is 1. The Kier molecular flexibility index (Phi) is 2.44. The van der Waals surface area contributed by atoms with Gasteiger partial charge < -0.3 is 10.4 Å². The molecule has 0 unspecified atom stereocenters. The molecule has 82 valence electrons. The van der Waals surface area contributed by atoms with Crippen LogP contribution < -0.4 is 5.32 Å². The van der Waals surface area contributed by atoms with Crippen LogP contribution in [-0.4, -0.2) is 22.8 Å². The lowest BCUT2D eigenvalue weighted by Gasteiger charge is -2.01. The number of carboxylic acids is 1. The molecule has 0 aromatic heterocycles. The van der Waals surface area contributed by atoms with Gasteiger partial charge in [0.2, 0.25) is 0 Å². The molecule has 1 aromatic rings. The van der Waals surface area contributed by atoms with E-state index in [1.54, 1.807) is 18.2 Å². The number of ketones is 1. The molecule has 2 N–H and O–H groups in total. The average molecular weight is 219 g/mol. The standard InChI is InChI=1S/C11H9NO4/c13-9(14)4-2-6-1-3-8-7(5-6)10(15)11(16)12-8/h1,3,5H,2,4H2,(H,13,14)(H,12,15,16). The number of hydrogen-bond donors (Lipinski definition) is 2. The van der Waals surface area contributed by atoms with Crippen LogP contribution >= 0.6 is 0 Å². The predicted octanol–water partition coefficient (Wildman–Crippen LogP) is 0.839. The molecule has 1 aliphatic rings. The second kappa shape index (κ2) is 3.77. The van der Waals surface area contributed by atoms with E-state index in [1.165, 1.54) is 0 Å². The smallest absolute Gasteiger partial charge is 0.303 e. The number of amides is 1. The molecule has 1 amide bonds. The fourth-order valence-electron chi connectivity index (χ4n) is 1.60.